The minimum absolute atomic E-state index is 0.0973. The smallest absolute Gasteiger partial charge is 0.332 e. The SMILES string of the molecule is O=C(Nc1ccc(F)c(Cl)c1)NC1(C(=O)O)CCOC1. The van der Waals surface area contributed by atoms with Crippen molar-refractivity contribution in [2.75, 3.05) is 18.5 Å². The van der Waals surface area contributed by atoms with Crippen LogP contribution >= 0.6 is 11.6 Å². The highest BCUT2D eigenvalue weighted by atomic mass is 35.5. The van der Waals surface area contributed by atoms with E-state index in [2.05, 4.69) is 10.6 Å². The van der Waals surface area contributed by atoms with E-state index in [1.807, 2.05) is 0 Å². The summed E-state index contributed by atoms with van der Waals surface area (Å²) in [6, 6.07) is 2.93. The average molecular weight is 303 g/mol. The molecule has 2 rings (SSSR count). The van der Waals surface area contributed by atoms with E-state index < -0.39 is 23.4 Å². The predicted octanol–water partition coefficient (Wildman–Crippen LogP) is 1.84. The van der Waals surface area contributed by atoms with Gasteiger partial charge in [0, 0.05) is 18.7 Å². The number of nitrogens with one attached hydrogen (secondary N) is 2. The largest absolute Gasteiger partial charge is 0.479 e. The first-order valence-corrected chi connectivity index (χ1v) is 6.16. The molecule has 1 aliphatic heterocycles. The molecule has 8 heteroatoms. The Labute approximate surface area is 118 Å². The summed E-state index contributed by atoms with van der Waals surface area (Å²) in [5.74, 6) is -1.77. The van der Waals surface area contributed by atoms with Crippen molar-refractivity contribution in [1.29, 1.82) is 0 Å². The van der Waals surface area contributed by atoms with E-state index in [1.165, 1.54) is 12.1 Å². The summed E-state index contributed by atoms with van der Waals surface area (Å²) in [5.41, 5.74) is -1.18. The summed E-state index contributed by atoms with van der Waals surface area (Å²) in [4.78, 5) is 23.0. The molecule has 0 aliphatic carbocycles. The van der Waals surface area contributed by atoms with Gasteiger partial charge in [0.15, 0.2) is 5.54 Å². The molecular formula is C12H12ClFN2O4. The zero-order valence-corrected chi connectivity index (χ0v) is 11.0. The van der Waals surface area contributed by atoms with Gasteiger partial charge in [-0.15, -0.1) is 0 Å². The predicted molar refractivity (Wildman–Crippen MR) is 69.4 cm³/mol. The van der Waals surface area contributed by atoms with E-state index in [9.17, 15) is 14.0 Å². The quantitative estimate of drug-likeness (QED) is 0.795. The second-order valence-electron chi connectivity index (χ2n) is 4.40. The Morgan fingerprint density at radius 1 is 1.45 bits per heavy atom. The number of amides is 2. The van der Waals surface area contributed by atoms with Crippen LogP contribution in [0.1, 0.15) is 6.42 Å². The Morgan fingerprint density at radius 3 is 2.75 bits per heavy atom. The molecule has 1 heterocycles. The van der Waals surface area contributed by atoms with Gasteiger partial charge in [-0.1, -0.05) is 11.6 Å². The second kappa shape index (κ2) is 5.64. The molecule has 0 aromatic heterocycles. The van der Waals surface area contributed by atoms with Crippen LogP contribution in [-0.2, 0) is 9.53 Å². The standard InChI is InChI=1S/C12H12ClFN2O4/c13-8-5-7(1-2-9(8)14)15-11(19)16-12(10(17)18)3-4-20-6-12/h1-2,5H,3-4,6H2,(H,17,18)(H2,15,16,19). The zero-order valence-electron chi connectivity index (χ0n) is 10.3. The van der Waals surface area contributed by atoms with Crippen molar-refractivity contribution in [1.82, 2.24) is 5.32 Å². The molecule has 0 spiro atoms. The van der Waals surface area contributed by atoms with Gasteiger partial charge >= 0.3 is 12.0 Å². The number of ether oxygens (including phenoxy) is 1. The van der Waals surface area contributed by atoms with E-state index in [0.29, 0.717) is 0 Å². The first-order valence-electron chi connectivity index (χ1n) is 5.78. The van der Waals surface area contributed by atoms with Crippen LogP contribution in [0.4, 0.5) is 14.9 Å². The Balaban J connectivity index is 2.04. The van der Waals surface area contributed by atoms with E-state index in [1.54, 1.807) is 0 Å². The summed E-state index contributed by atoms with van der Waals surface area (Å²) in [6.45, 7) is 0.162. The maximum atomic E-state index is 13.0. The highest BCUT2D eigenvalue weighted by molar-refractivity contribution is 6.31. The molecule has 1 aromatic rings. The number of halogens is 2. The Morgan fingerprint density at radius 2 is 2.20 bits per heavy atom. The molecule has 6 nitrogen and oxygen atoms in total. The fraction of sp³-hybridized carbons (Fsp3) is 0.333. The van der Waals surface area contributed by atoms with Gasteiger partial charge in [0.05, 0.1) is 11.6 Å². The van der Waals surface area contributed by atoms with Crippen LogP contribution in [0.3, 0.4) is 0 Å². The second-order valence-corrected chi connectivity index (χ2v) is 4.81. The lowest BCUT2D eigenvalue weighted by atomic mass is 9.99. The maximum Gasteiger partial charge on any atom is 0.332 e. The molecule has 1 aromatic carbocycles. The zero-order chi connectivity index (χ0) is 14.8. The third-order valence-electron chi connectivity index (χ3n) is 2.96. The topological polar surface area (TPSA) is 87.7 Å². The lowest BCUT2D eigenvalue weighted by molar-refractivity contribution is -0.144. The third-order valence-corrected chi connectivity index (χ3v) is 3.25. The van der Waals surface area contributed by atoms with E-state index in [4.69, 9.17) is 21.4 Å². The van der Waals surface area contributed by atoms with Crippen LogP contribution in [0.2, 0.25) is 5.02 Å². The number of benzene rings is 1. The van der Waals surface area contributed by atoms with Gasteiger partial charge in [0.25, 0.3) is 0 Å². The fourth-order valence-electron chi connectivity index (χ4n) is 1.84. The van der Waals surface area contributed by atoms with E-state index >= 15 is 0 Å². The summed E-state index contributed by atoms with van der Waals surface area (Å²) in [7, 11) is 0. The average Bonchev–Trinajstić information content (AvgIpc) is 2.83. The molecule has 1 atom stereocenters. The third kappa shape index (κ3) is 3.00. The van der Waals surface area contributed by atoms with Crippen LogP contribution in [0, 0.1) is 5.82 Å². The number of carboxylic acids is 1. The van der Waals surface area contributed by atoms with Gasteiger partial charge in [0.2, 0.25) is 0 Å². The van der Waals surface area contributed by atoms with E-state index in [-0.39, 0.29) is 30.3 Å². The van der Waals surface area contributed by atoms with Gasteiger partial charge in [-0.05, 0) is 18.2 Å². The maximum absolute atomic E-state index is 13.0. The molecule has 20 heavy (non-hydrogen) atoms. The van der Waals surface area contributed by atoms with Gasteiger partial charge in [-0.3, -0.25) is 0 Å². The first-order chi connectivity index (χ1) is 9.43. The minimum atomic E-state index is -1.44. The minimum Gasteiger partial charge on any atom is -0.479 e. The van der Waals surface area contributed by atoms with Crippen LogP contribution in [0.25, 0.3) is 0 Å². The van der Waals surface area contributed by atoms with Crippen molar-refractivity contribution in [2.45, 2.75) is 12.0 Å². The van der Waals surface area contributed by atoms with Crippen LogP contribution in [0.5, 0.6) is 0 Å². The number of carbonyl (C=O) groups is 2. The number of aliphatic carboxylic acids is 1. The van der Waals surface area contributed by atoms with Crippen LogP contribution in [-0.4, -0.2) is 35.9 Å². The van der Waals surface area contributed by atoms with Crippen LogP contribution < -0.4 is 10.6 Å². The summed E-state index contributed by atoms with van der Waals surface area (Å²) < 4.78 is 18.0. The lowest BCUT2D eigenvalue weighted by Gasteiger charge is -2.23. The molecule has 0 bridgehead atoms. The molecule has 0 radical (unpaired) electrons. The number of carboxylic acid groups (broad SMARTS) is 1. The molecule has 3 N–H and O–H groups in total. The van der Waals surface area contributed by atoms with Gasteiger partial charge in [-0.25, -0.2) is 14.0 Å². The summed E-state index contributed by atoms with van der Waals surface area (Å²) >= 11 is 5.58. The summed E-state index contributed by atoms with van der Waals surface area (Å²) in [6.07, 6.45) is 0.180. The van der Waals surface area contributed by atoms with Crippen molar-refractivity contribution < 1.29 is 23.8 Å². The van der Waals surface area contributed by atoms with Gasteiger partial charge < -0.3 is 20.5 Å². The number of rotatable bonds is 3. The number of carbonyl (C=O) groups excluding carboxylic acids is 1. The number of hydrogen-bond acceptors (Lipinski definition) is 3. The van der Waals surface area contributed by atoms with Gasteiger partial charge in [0.1, 0.15) is 5.82 Å². The van der Waals surface area contributed by atoms with Crippen molar-refractivity contribution in [3.8, 4) is 0 Å². The van der Waals surface area contributed by atoms with Crippen molar-refractivity contribution in [3.05, 3.63) is 29.0 Å². The molecule has 2 amide bonds. The monoisotopic (exact) mass is 302 g/mol. The Hall–Kier alpha value is -1.86. The number of hydrogen-bond donors (Lipinski definition) is 3. The number of urea groups is 1. The molecule has 1 saturated heterocycles. The van der Waals surface area contributed by atoms with E-state index in [0.717, 1.165) is 6.07 Å². The molecule has 0 saturated carbocycles. The van der Waals surface area contributed by atoms with Crippen molar-refractivity contribution >= 4 is 29.3 Å². The normalized spacial score (nSPS) is 21.5. The molecule has 108 valence electrons. The summed E-state index contributed by atoms with van der Waals surface area (Å²) in [5, 5.41) is 13.8. The fourth-order valence-corrected chi connectivity index (χ4v) is 2.02. The molecule has 1 aliphatic rings. The lowest BCUT2D eigenvalue weighted by Crippen LogP contribution is -2.56. The Kier molecular flexibility index (Phi) is 4.10. The molecular weight excluding hydrogens is 291 g/mol. The first kappa shape index (κ1) is 14.5. The highest BCUT2D eigenvalue weighted by Crippen LogP contribution is 2.21. The Bertz CT molecular complexity index is 546. The van der Waals surface area contributed by atoms with Crippen LogP contribution in [0.15, 0.2) is 18.2 Å². The van der Waals surface area contributed by atoms with Crippen molar-refractivity contribution in [3.63, 3.8) is 0 Å². The highest BCUT2D eigenvalue weighted by Gasteiger charge is 2.44. The molecule has 1 fully saturated rings. The van der Waals surface area contributed by atoms with Crippen molar-refractivity contribution in [2.24, 2.45) is 0 Å². The molecule has 1 unspecified atom stereocenters. The van der Waals surface area contributed by atoms with Gasteiger partial charge in [-0.2, -0.15) is 0 Å². The number of anilines is 1.